The topological polar surface area (TPSA) is 9.23 Å². The lowest BCUT2D eigenvalue weighted by molar-refractivity contribution is 0.340. The number of benzene rings is 1. The molecule has 0 radical (unpaired) electrons. The molecule has 0 atom stereocenters. The molecule has 0 aromatic heterocycles. The minimum Gasteiger partial charge on any atom is -0.494 e. The lowest BCUT2D eigenvalue weighted by Gasteiger charge is -2.01. The maximum atomic E-state index is 5.27. The Hall–Kier alpha value is -1.24. The van der Waals surface area contributed by atoms with Crippen LogP contribution in [0.3, 0.4) is 0 Å². The van der Waals surface area contributed by atoms with Crippen molar-refractivity contribution in [2.45, 2.75) is 6.92 Å². The van der Waals surface area contributed by atoms with E-state index in [1.54, 1.807) is 0 Å². The van der Waals surface area contributed by atoms with Gasteiger partial charge in [-0.15, -0.1) is 0 Å². The second-order valence-corrected chi connectivity index (χ2v) is 2.21. The number of hydrogen-bond donors (Lipinski definition) is 0. The molecule has 0 aliphatic rings. The Morgan fingerprint density at radius 1 is 1.36 bits per heavy atom. The van der Waals surface area contributed by atoms with Crippen molar-refractivity contribution in [3.8, 4) is 5.75 Å². The molecule has 0 saturated heterocycles. The minimum atomic E-state index is 0.716. The summed E-state index contributed by atoms with van der Waals surface area (Å²) in [5.74, 6) is 0.915. The van der Waals surface area contributed by atoms with Crippen LogP contribution in [0, 0.1) is 0 Å². The molecule has 0 aliphatic heterocycles. The smallest absolute Gasteiger partial charge is 0.119 e. The third kappa shape index (κ3) is 2.11. The maximum Gasteiger partial charge on any atom is 0.119 e. The summed E-state index contributed by atoms with van der Waals surface area (Å²) in [7, 11) is 0. The van der Waals surface area contributed by atoms with E-state index in [1.807, 2.05) is 37.3 Å². The molecule has 0 bridgehead atoms. The third-order valence-electron chi connectivity index (χ3n) is 1.43. The van der Waals surface area contributed by atoms with Crippen LogP contribution >= 0.6 is 0 Å². The van der Waals surface area contributed by atoms with Crippen molar-refractivity contribution in [3.63, 3.8) is 0 Å². The molecule has 1 rings (SSSR count). The van der Waals surface area contributed by atoms with Crippen LogP contribution in [-0.4, -0.2) is 6.61 Å². The largest absolute Gasteiger partial charge is 0.494 e. The van der Waals surface area contributed by atoms with E-state index in [9.17, 15) is 0 Å². The summed E-state index contributed by atoms with van der Waals surface area (Å²) >= 11 is 0. The molecule has 0 fully saturated rings. The van der Waals surface area contributed by atoms with Crippen LogP contribution in [0.2, 0.25) is 0 Å². The molecule has 1 aromatic carbocycles. The van der Waals surface area contributed by atoms with Gasteiger partial charge in [0.2, 0.25) is 0 Å². The molecule has 1 aromatic rings. The average molecular weight is 148 g/mol. The van der Waals surface area contributed by atoms with E-state index in [0.29, 0.717) is 6.61 Å². The van der Waals surface area contributed by atoms with Crippen LogP contribution < -0.4 is 4.74 Å². The zero-order valence-corrected chi connectivity index (χ0v) is 6.71. The first-order valence-corrected chi connectivity index (χ1v) is 3.72. The van der Waals surface area contributed by atoms with Crippen molar-refractivity contribution >= 4 is 6.08 Å². The first-order chi connectivity index (χ1) is 5.36. The summed E-state index contributed by atoms with van der Waals surface area (Å²) in [4.78, 5) is 0. The SMILES string of the molecule is C=Cc1ccc(OCC)cc1. The lowest BCUT2D eigenvalue weighted by atomic mass is 10.2. The lowest BCUT2D eigenvalue weighted by Crippen LogP contribution is -1.90. The molecule has 0 aliphatic carbocycles. The Bertz CT molecular complexity index is 223. The Balaban J connectivity index is 2.74. The summed E-state index contributed by atoms with van der Waals surface area (Å²) in [5.41, 5.74) is 1.12. The molecular formula is C10H12O. The molecule has 11 heavy (non-hydrogen) atoms. The van der Waals surface area contributed by atoms with E-state index in [1.165, 1.54) is 0 Å². The molecule has 58 valence electrons. The molecule has 0 heterocycles. The highest BCUT2D eigenvalue weighted by atomic mass is 16.5. The van der Waals surface area contributed by atoms with Crippen LogP contribution in [0.1, 0.15) is 12.5 Å². The van der Waals surface area contributed by atoms with Gasteiger partial charge in [-0.05, 0) is 24.6 Å². The average Bonchev–Trinajstić information content (AvgIpc) is 2.07. The summed E-state index contributed by atoms with van der Waals surface area (Å²) < 4.78 is 5.27. The standard InChI is InChI=1S/C10H12O/c1-3-9-5-7-10(8-6-9)11-4-2/h3,5-8H,1,4H2,2H3. The van der Waals surface area contributed by atoms with E-state index >= 15 is 0 Å². The second kappa shape index (κ2) is 3.81. The zero-order chi connectivity index (χ0) is 8.10. The van der Waals surface area contributed by atoms with Crippen LogP contribution in [0.4, 0.5) is 0 Å². The van der Waals surface area contributed by atoms with E-state index in [4.69, 9.17) is 4.74 Å². The predicted molar refractivity (Wildman–Crippen MR) is 47.7 cm³/mol. The zero-order valence-electron chi connectivity index (χ0n) is 6.71. The van der Waals surface area contributed by atoms with Gasteiger partial charge in [0.25, 0.3) is 0 Å². The highest BCUT2D eigenvalue weighted by molar-refractivity contribution is 5.48. The first kappa shape index (κ1) is 7.86. The van der Waals surface area contributed by atoms with Crippen molar-refractivity contribution in [1.29, 1.82) is 0 Å². The summed E-state index contributed by atoms with van der Waals surface area (Å²) in [6.45, 7) is 6.36. The van der Waals surface area contributed by atoms with Gasteiger partial charge in [0, 0.05) is 0 Å². The van der Waals surface area contributed by atoms with Gasteiger partial charge in [-0.2, -0.15) is 0 Å². The molecule has 0 amide bonds. The Morgan fingerprint density at radius 2 is 2.00 bits per heavy atom. The van der Waals surface area contributed by atoms with Gasteiger partial charge < -0.3 is 4.74 Å². The second-order valence-electron chi connectivity index (χ2n) is 2.21. The predicted octanol–water partition coefficient (Wildman–Crippen LogP) is 2.73. The van der Waals surface area contributed by atoms with Gasteiger partial charge in [0.05, 0.1) is 6.61 Å². The van der Waals surface area contributed by atoms with Gasteiger partial charge in [0.15, 0.2) is 0 Å². The maximum absolute atomic E-state index is 5.27. The third-order valence-corrected chi connectivity index (χ3v) is 1.43. The summed E-state index contributed by atoms with van der Waals surface area (Å²) in [5, 5.41) is 0. The van der Waals surface area contributed by atoms with Gasteiger partial charge >= 0.3 is 0 Å². The van der Waals surface area contributed by atoms with Gasteiger partial charge in [0.1, 0.15) is 5.75 Å². The number of hydrogen-bond acceptors (Lipinski definition) is 1. The van der Waals surface area contributed by atoms with Crippen molar-refractivity contribution in [3.05, 3.63) is 36.4 Å². The fourth-order valence-corrected chi connectivity index (χ4v) is 0.867. The molecule has 0 spiro atoms. The number of rotatable bonds is 3. The van der Waals surface area contributed by atoms with Crippen LogP contribution in [-0.2, 0) is 0 Å². The molecule has 1 nitrogen and oxygen atoms in total. The van der Waals surface area contributed by atoms with Gasteiger partial charge in [-0.3, -0.25) is 0 Å². The fraction of sp³-hybridized carbons (Fsp3) is 0.200. The van der Waals surface area contributed by atoms with Crippen molar-refractivity contribution in [2.75, 3.05) is 6.61 Å². The van der Waals surface area contributed by atoms with Crippen LogP contribution in [0.5, 0.6) is 5.75 Å². The van der Waals surface area contributed by atoms with E-state index in [-0.39, 0.29) is 0 Å². The van der Waals surface area contributed by atoms with Crippen molar-refractivity contribution in [1.82, 2.24) is 0 Å². The number of ether oxygens (including phenoxy) is 1. The monoisotopic (exact) mass is 148 g/mol. The molecular weight excluding hydrogens is 136 g/mol. The normalized spacial score (nSPS) is 9.18. The van der Waals surface area contributed by atoms with E-state index in [0.717, 1.165) is 11.3 Å². The highest BCUT2D eigenvalue weighted by Gasteiger charge is 1.89. The first-order valence-electron chi connectivity index (χ1n) is 3.72. The molecule has 1 heteroatoms. The highest BCUT2D eigenvalue weighted by Crippen LogP contribution is 2.12. The Morgan fingerprint density at radius 3 is 2.45 bits per heavy atom. The van der Waals surface area contributed by atoms with Crippen LogP contribution in [0.25, 0.3) is 6.08 Å². The van der Waals surface area contributed by atoms with Gasteiger partial charge in [-0.25, -0.2) is 0 Å². The van der Waals surface area contributed by atoms with E-state index < -0.39 is 0 Å². The van der Waals surface area contributed by atoms with Gasteiger partial charge in [-0.1, -0.05) is 24.8 Å². The molecule has 0 saturated carbocycles. The molecule has 0 N–H and O–H groups in total. The van der Waals surface area contributed by atoms with Crippen molar-refractivity contribution < 1.29 is 4.74 Å². The fourth-order valence-electron chi connectivity index (χ4n) is 0.867. The van der Waals surface area contributed by atoms with E-state index in [2.05, 4.69) is 6.58 Å². The molecule has 0 unspecified atom stereocenters. The summed E-state index contributed by atoms with van der Waals surface area (Å²) in [6, 6.07) is 7.86. The Labute approximate surface area is 67.3 Å². The summed E-state index contributed by atoms with van der Waals surface area (Å²) in [6.07, 6.45) is 1.82. The Kier molecular flexibility index (Phi) is 2.73. The van der Waals surface area contributed by atoms with Crippen molar-refractivity contribution in [2.24, 2.45) is 0 Å². The van der Waals surface area contributed by atoms with Crippen LogP contribution in [0.15, 0.2) is 30.8 Å². The quantitative estimate of drug-likeness (QED) is 0.640. The minimum absolute atomic E-state index is 0.716.